The molecule has 0 saturated heterocycles. The van der Waals surface area contributed by atoms with E-state index in [4.69, 9.17) is 5.11 Å². The monoisotopic (exact) mass is 251 g/mol. The molecule has 1 heterocycles. The van der Waals surface area contributed by atoms with Crippen LogP contribution in [0, 0.1) is 16.0 Å². The van der Waals surface area contributed by atoms with Crippen LogP contribution in [0.25, 0.3) is 0 Å². The average molecular weight is 251 g/mol. The molecule has 0 bridgehead atoms. The van der Waals surface area contributed by atoms with E-state index in [1.165, 1.54) is 18.3 Å². The molecule has 18 heavy (non-hydrogen) atoms. The van der Waals surface area contributed by atoms with Gasteiger partial charge in [-0.15, -0.1) is 0 Å². The predicted octanol–water partition coefficient (Wildman–Crippen LogP) is 1.66. The number of rotatable bonds is 6. The van der Waals surface area contributed by atoms with Crippen LogP contribution in [0.2, 0.25) is 0 Å². The Kier molecular flexibility index (Phi) is 3.40. The first-order valence-electron chi connectivity index (χ1n) is 5.65. The number of carboxylic acid groups (broad SMARTS) is 1. The molecular formula is C11H13N3O4. The quantitative estimate of drug-likeness (QED) is 0.588. The number of aromatic nitrogens is 1. The average Bonchev–Trinajstić information content (AvgIpc) is 3.11. The van der Waals surface area contributed by atoms with Crippen molar-refractivity contribution in [2.75, 3.05) is 5.32 Å². The van der Waals surface area contributed by atoms with E-state index in [1.54, 1.807) is 0 Å². The van der Waals surface area contributed by atoms with Crippen molar-refractivity contribution >= 4 is 17.5 Å². The van der Waals surface area contributed by atoms with Crippen molar-refractivity contribution in [2.24, 2.45) is 5.92 Å². The van der Waals surface area contributed by atoms with Crippen molar-refractivity contribution in [3.63, 3.8) is 0 Å². The maximum Gasteiger partial charge on any atom is 0.311 e. The summed E-state index contributed by atoms with van der Waals surface area (Å²) in [6.07, 6.45) is 3.29. The van der Waals surface area contributed by atoms with Gasteiger partial charge in [0.1, 0.15) is 0 Å². The van der Waals surface area contributed by atoms with Gasteiger partial charge in [-0.1, -0.05) is 0 Å². The van der Waals surface area contributed by atoms with E-state index in [-0.39, 0.29) is 29.9 Å². The molecule has 0 amide bonds. The molecule has 96 valence electrons. The number of hydrogen-bond acceptors (Lipinski definition) is 5. The van der Waals surface area contributed by atoms with Crippen LogP contribution in [0.1, 0.15) is 19.3 Å². The molecule has 2 rings (SSSR count). The summed E-state index contributed by atoms with van der Waals surface area (Å²) in [6, 6.07) is 2.53. The van der Waals surface area contributed by atoms with E-state index in [2.05, 4.69) is 10.3 Å². The summed E-state index contributed by atoms with van der Waals surface area (Å²) in [4.78, 5) is 25.0. The van der Waals surface area contributed by atoms with Crippen LogP contribution in [0.15, 0.2) is 18.3 Å². The molecule has 1 saturated carbocycles. The SMILES string of the molecule is O=C(O)CC(Nc1ncccc1[N+](=O)[O-])C1CC1. The highest BCUT2D eigenvalue weighted by Gasteiger charge is 2.34. The van der Waals surface area contributed by atoms with E-state index < -0.39 is 10.9 Å². The smallest absolute Gasteiger partial charge is 0.311 e. The van der Waals surface area contributed by atoms with Gasteiger partial charge in [0.25, 0.3) is 0 Å². The second kappa shape index (κ2) is 4.99. The summed E-state index contributed by atoms with van der Waals surface area (Å²) in [5, 5.41) is 22.5. The van der Waals surface area contributed by atoms with Crippen molar-refractivity contribution in [2.45, 2.75) is 25.3 Å². The van der Waals surface area contributed by atoms with Gasteiger partial charge in [0.2, 0.25) is 5.82 Å². The van der Waals surface area contributed by atoms with Crippen LogP contribution in [0.3, 0.4) is 0 Å². The van der Waals surface area contributed by atoms with E-state index in [0.717, 1.165) is 12.8 Å². The highest BCUT2D eigenvalue weighted by atomic mass is 16.6. The van der Waals surface area contributed by atoms with E-state index in [9.17, 15) is 14.9 Å². The first-order valence-corrected chi connectivity index (χ1v) is 5.65. The minimum Gasteiger partial charge on any atom is -0.481 e. The third-order valence-corrected chi connectivity index (χ3v) is 2.89. The van der Waals surface area contributed by atoms with E-state index in [1.807, 2.05) is 0 Å². The minimum atomic E-state index is -0.919. The van der Waals surface area contributed by atoms with Crippen LogP contribution >= 0.6 is 0 Å². The number of nitrogens with one attached hydrogen (secondary N) is 1. The minimum absolute atomic E-state index is 0.0571. The van der Waals surface area contributed by atoms with Gasteiger partial charge < -0.3 is 10.4 Å². The summed E-state index contributed by atoms with van der Waals surface area (Å²) >= 11 is 0. The van der Waals surface area contributed by atoms with Gasteiger partial charge in [-0.05, 0) is 24.8 Å². The fourth-order valence-corrected chi connectivity index (χ4v) is 1.85. The van der Waals surface area contributed by atoms with Gasteiger partial charge in [-0.25, -0.2) is 4.98 Å². The Hall–Kier alpha value is -2.18. The molecule has 2 N–H and O–H groups in total. The number of carbonyl (C=O) groups is 1. The second-order valence-electron chi connectivity index (χ2n) is 4.31. The summed E-state index contributed by atoms with van der Waals surface area (Å²) in [7, 11) is 0. The number of hydrogen-bond donors (Lipinski definition) is 2. The molecule has 0 aliphatic heterocycles. The lowest BCUT2D eigenvalue weighted by molar-refractivity contribution is -0.384. The number of anilines is 1. The normalized spacial score (nSPS) is 16.0. The summed E-state index contributed by atoms with van der Waals surface area (Å²) in [5.41, 5.74) is -0.131. The zero-order valence-corrected chi connectivity index (χ0v) is 9.57. The molecule has 1 unspecified atom stereocenters. The highest BCUT2D eigenvalue weighted by molar-refractivity contribution is 5.69. The Balaban J connectivity index is 2.15. The topological polar surface area (TPSA) is 105 Å². The lowest BCUT2D eigenvalue weighted by Gasteiger charge is -2.16. The summed E-state index contributed by atoms with van der Waals surface area (Å²) < 4.78 is 0. The van der Waals surface area contributed by atoms with E-state index in [0.29, 0.717) is 0 Å². The molecule has 7 nitrogen and oxygen atoms in total. The van der Waals surface area contributed by atoms with Gasteiger partial charge in [0.05, 0.1) is 11.3 Å². The number of aliphatic carboxylic acids is 1. The molecule has 1 fully saturated rings. The molecule has 7 heteroatoms. The third kappa shape index (κ3) is 2.93. The molecule has 0 spiro atoms. The Morgan fingerprint density at radius 1 is 1.67 bits per heavy atom. The Morgan fingerprint density at radius 2 is 2.39 bits per heavy atom. The van der Waals surface area contributed by atoms with Crippen molar-refractivity contribution in [1.82, 2.24) is 4.98 Å². The molecule has 1 aromatic heterocycles. The largest absolute Gasteiger partial charge is 0.481 e. The number of carboxylic acids is 1. The van der Waals surface area contributed by atoms with E-state index >= 15 is 0 Å². The molecule has 1 aliphatic carbocycles. The van der Waals surface area contributed by atoms with Gasteiger partial charge in [0.15, 0.2) is 0 Å². The maximum absolute atomic E-state index is 10.8. The predicted molar refractivity (Wildman–Crippen MR) is 63.3 cm³/mol. The standard InChI is InChI=1S/C11H13N3O4/c15-10(16)6-8(7-3-4-7)13-11-9(14(17)18)2-1-5-12-11/h1-2,5,7-8H,3-4,6H2,(H,12,13)(H,15,16). The molecule has 1 atom stereocenters. The second-order valence-corrected chi connectivity index (χ2v) is 4.31. The van der Waals surface area contributed by atoms with Crippen molar-refractivity contribution in [3.05, 3.63) is 28.4 Å². The van der Waals surface area contributed by atoms with Crippen molar-refractivity contribution in [1.29, 1.82) is 0 Å². The number of pyridine rings is 1. The molecule has 0 aromatic carbocycles. The van der Waals surface area contributed by atoms with Crippen LogP contribution in [0.5, 0.6) is 0 Å². The zero-order chi connectivity index (χ0) is 13.1. The van der Waals surface area contributed by atoms with Crippen LogP contribution in [-0.2, 0) is 4.79 Å². The Morgan fingerprint density at radius 3 is 2.94 bits per heavy atom. The Bertz CT molecular complexity index is 473. The summed E-state index contributed by atoms with van der Waals surface area (Å²) in [6.45, 7) is 0. The van der Waals surface area contributed by atoms with Gasteiger partial charge in [-0.3, -0.25) is 14.9 Å². The lowest BCUT2D eigenvalue weighted by atomic mass is 10.1. The molecule has 1 aliphatic rings. The van der Waals surface area contributed by atoms with Crippen LogP contribution < -0.4 is 5.32 Å². The van der Waals surface area contributed by atoms with Gasteiger partial charge in [-0.2, -0.15) is 0 Å². The zero-order valence-electron chi connectivity index (χ0n) is 9.57. The number of nitro groups is 1. The number of nitrogens with zero attached hydrogens (tertiary/aromatic N) is 2. The third-order valence-electron chi connectivity index (χ3n) is 2.89. The molecule has 0 radical (unpaired) electrons. The van der Waals surface area contributed by atoms with Crippen molar-refractivity contribution in [3.8, 4) is 0 Å². The lowest BCUT2D eigenvalue weighted by Crippen LogP contribution is -2.26. The highest BCUT2D eigenvalue weighted by Crippen LogP contribution is 2.36. The van der Waals surface area contributed by atoms with Crippen LogP contribution in [0.4, 0.5) is 11.5 Å². The fraction of sp³-hybridized carbons (Fsp3) is 0.455. The first kappa shape index (κ1) is 12.3. The first-order chi connectivity index (χ1) is 8.58. The fourth-order valence-electron chi connectivity index (χ4n) is 1.85. The molecule has 1 aromatic rings. The maximum atomic E-state index is 10.8. The summed E-state index contributed by atoms with van der Waals surface area (Å²) in [5.74, 6) is -0.513. The van der Waals surface area contributed by atoms with Crippen LogP contribution in [-0.4, -0.2) is 27.0 Å². The van der Waals surface area contributed by atoms with Crippen molar-refractivity contribution < 1.29 is 14.8 Å². The molecular weight excluding hydrogens is 238 g/mol. The Labute approximate surface area is 103 Å². The van der Waals surface area contributed by atoms with Gasteiger partial charge in [0, 0.05) is 18.3 Å². The van der Waals surface area contributed by atoms with Gasteiger partial charge >= 0.3 is 11.7 Å².